The lowest BCUT2D eigenvalue weighted by molar-refractivity contribution is -0.176. The van der Waals surface area contributed by atoms with E-state index in [0.29, 0.717) is 11.8 Å². The summed E-state index contributed by atoms with van der Waals surface area (Å²) in [6.07, 6.45) is -2.61. The highest BCUT2D eigenvalue weighted by Crippen LogP contribution is 2.22. The second-order valence-corrected chi connectivity index (χ2v) is 4.36. The maximum atomic E-state index is 12.5. The number of halogens is 4. The monoisotopic (exact) mass is 319 g/mol. The molecular formula is C14H13F4NO3. The van der Waals surface area contributed by atoms with Gasteiger partial charge in [0.25, 0.3) is 0 Å². The second-order valence-electron chi connectivity index (χ2n) is 4.36. The van der Waals surface area contributed by atoms with Crippen molar-refractivity contribution >= 4 is 17.6 Å². The Morgan fingerprint density at radius 3 is 2.36 bits per heavy atom. The highest BCUT2D eigenvalue weighted by molar-refractivity contribution is 6.02. The number of rotatable bonds is 6. The molecule has 22 heavy (non-hydrogen) atoms. The van der Waals surface area contributed by atoms with Crippen LogP contribution in [0.3, 0.4) is 0 Å². The highest BCUT2D eigenvalue weighted by Gasteiger charge is 2.42. The maximum Gasteiger partial charge on any atom is 0.340 e. The predicted octanol–water partition coefficient (Wildman–Crippen LogP) is 2.93. The summed E-state index contributed by atoms with van der Waals surface area (Å²) >= 11 is 0. The van der Waals surface area contributed by atoms with Crippen LogP contribution in [0.15, 0.2) is 36.4 Å². The third-order valence-corrected chi connectivity index (χ3v) is 2.42. The van der Waals surface area contributed by atoms with Gasteiger partial charge in [-0.25, -0.2) is 13.6 Å². The molecule has 1 rings (SSSR count). The van der Waals surface area contributed by atoms with Crippen LogP contribution in [0.25, 0.3) is 0 Å². The Morgan fingerprint density at radius 2 is 1.82 bits per heavy atom. The first-order chi connectivity index (χ1) is 10.2. The molecule has 0 bridgehead atoms. The molecule has 1 amide bonds. The first-order valence-electron chi connectivity index (χ1n) is 6.09. The molecule has 0 aliphatic heterocycles. The van der Waals surface area contributed by atoms with Gasteiger partial charge in [0, 0.05) is 17.8 Å². The summed E-state index contributed by atoms with van der Waals surface area (Å²) in [5, 5.41) is 2.41. The number of carbonyl (C=O) groups is 2. The maximum absolute atomic E-state index is 12.5. The Morgan fingerprint density at radius 1 is 1.23 bits per heavy atom. The van der Waals surface area contributed by atoms with Gasteiger partial charge in [0.15, 0.2) is 6.61 Å². The van der Waals surface area contributed by atoms with Gasteiger partial charge < -0.3 is 10.1 Å². The van der Waals surface area contributed by atoms with Gasteiger partial charge in [-0.15, -0.1) is 0 Å². The molecular weight excluding hydrogens is 306 g/mol. The number of aryl methyl sites for hydroxylation is 1. The van der Waals surface area contributed by atoms with Gasteiger partial charge >= 0.3 is 18.3 Å². The van der Waals surface area contributed by atoms with Gasteiger partial charge in [-0.05, 0) is 19.1 Å². The number of alkyl halides is 4. The van der Waals surface area contributed by atoms with Gasteiger partial charge in [-0.3, -0.25) is 4.79 Å². The zero-order chi connectivity index (χ0) is 16.8. The standard InChI is InChI=1S/C14H13F4NO3/c1-9-2-4-10(5-3-9)19-11(20)6-7-12(21)22-8-14(17,18)13(15)16/h2-7,13H,8H2,1H3,(H,19,20)/b7-6+. The van der Waals surface area contributed by atoms with Crippen molar-refractivity contribution < 1.29 is 31.9 Å². The van der Waals surface area contributed by atoms with Crippen molar-refractivity contribution in [2.75, 3.05) is 11.9 Å². The Hall–Kier alpha value is -2.38. The van der Waals surface area contributed by atoms with Crippen molar-refractivity contribution in [3.63, 3.8) is 0 Å². The van der Waals surface area contributed by atoms with Crippen LogP contribution in [0.4, 0.5) is 23.2 Å². The van der Waals surface area contributed by atoms with Crippen molar-refractivity contribution in [2.45, 2.75) is 19.3 Å². The summed E-state index contributed by atoms with van der Waals surface area (Å²) in [5.41, 5.74) is 1.45. The lowest BCUT2D eigenvalue weighted by Gasteiger charge is -2.13. The molecule has 8 heteroatoms. The zero-order valence-corrected chi connectivity index (χ0v) is 11.5. The van der Waals surface area contributed by atoms with E-state index < -0.39 is 30.8 Å². The molecule has 0 fully saturated rings. The van der Waals surface area contributed by atoms with E-state index in [2.05, 4.69) is 10.1 Å². The van der Waals surface area contributed by atoms with Crippen LogP contribution in [0, 0.1) is 6.92 Å². The average Bonchev–Trinajstić information content (AvgIpc) is 2.45. The third-order valence-electron chi connectivity index (χ3n) is 2.42. The van der Waals surface area contributed by atoms with Gasteiger partial charge in [0.1, 0.15) is 0 Å². The van der Waals surface area contributed by atoms with Gasteiger partial charge in [0.2, 0.25) is 5.91 Å². The normalized spacial score (nSPS) is 11.7. The molecule has 0 saturated heterocycles. The van der Waals surface area contributed by atoms with E-state index in [4.69, 9.17) is 0 Å². The number of hydrogen-bond acceptors (Lipinski definition) is 3. The van der Waals surface area contributed by atoms with Crippen LogP contribution in [-0.4, -0.2) is 30.8 Å². The fourth-order valence-electron chi connectivity index (χ4n) is 1.24. The molecule has 0 spiro atoms. The fourth-order valence-corrected chi connectivity index (χ4v) is 1.24. The quantitative estimate of drug-likeness (QED) is 0.498. The minimum Gasteiger partial charge on any atom is -0.456 e. The number of carbonyl (C=O) groups excluding carboxylic acids is 2. The van der Waals surface area contributed by atoms with Crippen LogP contribution < -0.4 is 5.32 Å². The summed E-state index contributed by atoms with van der Waals surface area (Å²) in [5.74, 6) is -6.44. The fraction of sp³-hybridized carbons (Fsp3) is 0.286. The number of esters is 1. The minimum absolute atomic E-state index is 0.470. The van der Waals surface area contributed by atoms with E-state index in [9.17, 15) is 27.2 Å². The van der Waals surface area contributed by atoms with E-state index in [1.807, 2.05) is 6.92 Å². The number of hydrogen-bond donors (Lipinski definition) is 1. The molecule has 120 valence electrons. The molecule has 0 unspecified atom stereocenters. The summed E-state index contributed by atoms with van der Waals surface area (Å²) in [6, 6.07) is 6.76. The van der Waals surface area contributed by atoms with Crippen molar-refractivity contribution in [1.29, 1.82) is 0 Å². The molecule has 0 saturated carbocycles. The largest absolute Gasteiger partial charge is 0.456 e. The molecule has 1 aromatic carbocycles. The number of amides is 1. The number of ether oxygens (including phenoxy) is 1. The first-order valence-corrected chi connectivity index (χ1v) is 6.09. The predicted molar refractivity (Wildman–Crippen MR) is 70.9 cm³/mol. The molecule has 0 atom stereocenters. The van der Waals surface area contributed by atoms with Crippen LogP contribution in [0.2, 0.25) is 0 Å². The van der Waals surface area contributed by atoms with Gasteiger partial charge in [-0.1, -0.05) is 17.7 Å². The number of nitrogens with one attached hydrogen (secondary N) is 1. The molecule has 4 nitrogen and oxygen atoms in total. The average molecular weight is 319 g/mol. The molecule has 0 heterocycles. The first kappa shape index (κ1) is 17.7. The Kier molecular flexibility index (Phi) is 6.09. The van der Waals surface area contributed by atoms with Crippen LogP contribution in [0.1, 0.15) is 5.56 Å². The van der Waals surface area contributed by atoms with E-state index >= 15 is 0 Å². The SMILES string of the molecule is Cc1ccc(NC(=O)/C=C/C(=O)OCC(F)(F)C(F)F)cc1. The van der Waals surface area contributed by atoms with E-state index in [1.165, 1.54) is 0 Å². The van der Waals surface area contributed by atoms with Gasteiger partial charge in [0.05, 0.1) is 0 Å². The molecule has 1 N–H and O–H groups in total. The minimum atomic E-state index is -4.42. The lowest BCUT2D eigenvalue weighted by Crippen LogP contribution is -2.33. The van der Waals surface area contributed by atoms with E-state index in [0.717, 1.165) is 11.6 Å². The zero-order valence-electron chi connectivity index (χ0n) is 11.5. The Labute approximate surface area is 123 Å². The van der Waals surface area contributed by atoms with Crippen LogP contribution >= 0.6 is 0 Å². The van der Waals surface area contributed by atoms with Crippen molar-refractivity contribution in [2.24, 2.45) is 0 Å². The van der Waals surface area contributed by atoms with Crippen molar-refractivity contribution in [3.8, 4) is 0 Å². The summed E-state index contributed by atoms with van der Waals surface area (Å²) in [4.78, 5) is 22.5. The van der Waals surface area contributed by atoms with Crippen LogP contribution in [-0.2, 0) is 14.3 Å². The molecule has 0 radical (unpaired) electrons. The van der Waals surface area contributed by atoms with Crippen molar-refractivity contribution in [3.05, 3.63) is 42.0 Å². The van der Waals surface area contributed by atoms with Crippen LogP contribution in [0.5, 0.6) is 0 Å². The Balaban J connectivity index is 2.45. The summed E-state index contributed by atoms with van der Waals surface area (Å²) < 4.78 is 52.6. The third kappa shape index (κ3) is 5.94. The Bertz CT molecular complexity index is 556. The molecule has 1 aromatic rings. The summed E-state index contributed by atoms with van der Waals surface area (Å²) in [7, 11) is 0. The topological polar surface area (TPSA) is 55.4 Å². The smallest absolute Gasteiger partial charge is 0.340 e. The summed E-state index contributed by atoms with van der Waals surface area (Å²) in [6.45, 7) is 0.101. The molecule has 0 aromatic heterocycles. The molecule has 0 aliphatic rings. The number of anilines is 1. The highest BCUT2D eigenvalue weighted by atomic mass is 19.3. The second kappa shape index (κ2) is 7.58. The van der Waals surface area contributed by atoms with Gasteiger partial charge in [-0.2, -0.15) is 8.78 Å². The lowest BCUT2D eigenvalue weighted by atomic mass is 10.2. The van der Waals surface area contributed by atoms with E-state index in [1.54, 1.807) is 24.3 Å². The van der Waals surface area contributed by atoms with Crippen molar-refractivity contribution in [1.82, 2.24) is 0 Å². The van der Waals surface area contributed by atoms with E-state index in [-0.39, 0.29) is 0 Å². The number of benzene rings is 1. The molecule has 0 aliphatic carbocycles.